The van der Waals surface area contributed by atoms with Gasteiger partial charge in [0.1, 0.15) is 5.75 Å². The summed E-state index contributed by atoms with van der Waals surface area (Å²) in [5.74, 6) is 1.20. The third-order valence-electron chi connectivity index (χ3n) is 3.08. The van der Waals surface area contributed by atoms with Crippen LogP contribution in [0.4, 0.5) is 0 Å². The van der Waals surface area contributed by atoms with E-state index in [2.05, 4.69) is 0 Å². The highest BCUT2D eigenvalue weighted by Crippen LogP contribution is 2.22. The Balaban J connectivity index is 2.62. The Morgan fingerprint density at radius 2 is 1.94 bits per heavy atom. The molecule has 0 fully saturated rings. The van der Waals surface area contributed by atoms with Gasteiger partial charge in [0.2, 0.25) is 5.91 Å². The molecule has 0 aliphatic heterocycles. The van der Waals surface area contributed by atoms with Crippen LogP contribution in [0.1, 0.15) is 24.3 Å². The van der Waals surface area contributed by atoms with Crippen molar-refractivity contribution >= 4 is 5.91 Å². The van der Waals surface area contributed by atoms with Crippen molar-refractivity contribution in [2.75, 3.05) is 27.7 Å². The molecular formula is C14H22N2O2. The van der Waals surface area contributed by atoms with Crippen molar-refractivity contribution in [2.45, 2.75) is 18.8 Å². The maximum absolute atomic E-state index is 11.6. The van der Waals surface area contributed by atoms with E-state index in [1.54, 1.807) is 26.1 Å². The fourth-order valence-electron chi connectivity index (χ4n) is 1.82. The second-order valence-corrected chi connectivity index (χ2v) is 4.53. The first kappa shape index (κ1) is 14.5. The predicted molar refractivity (Wildman–Crippen MR) is 72.7 cm³/mol. The Kier molecular flexibility index (Phi) is 5.65. The zero-order valence-corrected chi connectivity index (χ0v) is 11.3. The summed E-state index contributed by atoms with van der Waals surface area (Å²) in [5.41, 5.74) is 6.94. The van der Waals surface area contributed by atoms with Crippen molar-refractivity contribution in [3.05, 3.63) is 29.8 Å². The molecule has 100 valence electrons. The first-order chi connectivity index (χ1) is 8.58. The molecular weight excluding hydrogens is 228 g/mol. The van der Waals surface area contributed by atoms with Gasteiger partial charge in [0.25, 0.3) is 0 Å². The van der Waals surface area contributed by atoms with Gasteiger partial charge in [-0.15, -0.1) is 0 Å². The van der Waals surface area contributed by atoms with E-state index in [4.69, 9.17) is 10.5 Å². The molecule has 0 spiro atoms. The van der Waals surface area contributed by atoms with Gasteiger partial charge in [0.15, 0.2) is 0 Å². The first-order valence-electron chi connectivity index (χ1n) is 6.12. The third kappa shape index (κ3) is 4.04. The molecule has 4 heteroatoms. The van der Waals surface area contributed by atoms with Gasteiger partial charge in [-0.25, -0.2) is 0 Å². The van der Waals surface area contributed by atoms with Crippen LogP contribution in [0.25, 0.3) is 0 Å². The molecule has 0 bridgehead atoms. The van der Waals surface area contributed by atoms with Crippen LogP contribution in [0, 0.1) is 0 Å². The summed E-state index contributed by atoms with van der Waals surface area (Å²) < 4.78 is 5.12. The normalized spacial score (nSPS) is 12.0. The van der Waals surface area contributed by atoms with Gasteiger partial charge in [0.05, 0.1) is 7.11 Å². The lowest BCUT2D eigenvalue weighted by molar-refractivity contribution is -0.128. The first-order valence-corrected chi connectivity index (χ1v) is 6.12. The lowest BCUT2D eigenvalue weighted by atomic mass is 9.94. The SMILES string of the molecule is COc1ccc(C(CN)CCC(=O)N(C)C)cc1. The molecule has 1 rings (SSSR count). The summed E-state index contributed by atoms with van der Waals surface area (Å²) in [6.45, 7) is 0.549. The summed E-state index contributed by atoms with van der Waals surface area (Å²) >= 11 is 0. The largest absolute Gasteiger partial charge is 0.497 e. The third-order valence-corrected chi connectivity index (χ3v) is 3.08. The second kappa shape index (κ2) is 7.01. The maximum atomic E-state index is 11.6. The summed E-state index contributed by atoms with van der Waals surface area (Å²) in [4.78, 5) is 13.2. The van der Waals surface area contributed by atoms with E-state index in [1.807, 2.05) is 24.3 Å². The summed E-state index contributed by atoms with van der Waals surface area (Å²) in [5, 5.41) is 0. The maximum Gasteiger partial charge on any atom is 0.222 e. The molecule has 2 N–H and O–H groups in total. The number of hydrogen-bond acceptors (Lipinski definition) is 3. The molecule has 0 heterocycles. The number of methoxy groups -OCH3 is 1. The highest BCUT2D eigenvalue weighted by atomic mass is 16.5. The van der Waals surface area contributed by atoms with Crippen molar-refractivity contribution in [3.8, 4) is 5.75 Å². The smallest absolute Gasteiger partial charge is 0.222 e. The standard InChI is InChI=1S/C14H22N2O2/c1-16(2)14(17)9-6-12(10-15)11-4-7-13(18-3)8-5-11/h4-5,7-8,12H,6,9-10,15H2,1-3H3. The fourth-order valence-corrected chi connectivity index (χ4v) is 1.82. The van der Waals surface area contributed by atoms with Gasteiger partial charge < -0.3 is 15.4 Å². The van der Waals surface area contributed by atoms with Gasteiger partial charge in [-0.05, 0) is 36.6 Å². The minimum Gasteiger partial charge on any atom is -0.497 e. The average Bonchev–Trinajstić information content (AvgIpc) is 2.39. The molecule has 0 aliphatic rings. The number of benzene rings is 1. The zero-order chi connectivity index (χ0) is 13.5. The quantitative estimate of drug-likeness (QED) is 0.834. The molecule has 0 aromatic heterocycles. The predicted octanol–water partition coefficient (Wildman–Crippen LogP) is 1.61. The van der Waals surface area contributed by atoms with E-state index >= 15 is 0 Å². The van der Waals surface area contributed by atoms with Crippen LogP contribution in [0.3, 0.4) is 0 Å². The van der Waals surface area contributed by atoms with Crippen LogP contribution in [0.2, 0.25) is 0 Å². The number of hydrogen-bond donors (Lipinski definition) is 1. The van der Waals surface area contributed by atoms with E-state index < -0.39 is 0 Å². The Hall–Kier alpha value is -1.55. The molecule has 1 aromatic carbocycles. The monoisotopic (exact) mass is 250 g/mol. The molecule has 1 amide bonds. The Morgan fingerprint density at radius 1 is 1.33 bits per heavy atom. The molecule has 1 aromatic rings. The van der Waals surface area contributed by atoms with Crippen molar-refractivity contribution in [3.63, 3.8) is 0 Å². The van der Waals surface area contributed by atoms with Gasteiger partial charge in [-0.2, -0.15) is 0 Å². The topological polar surface area (TPSA) is 55.6 Å². The van der Waals surface area contributed by atoms with Gasteiger partial charge in [-0.3, -0.25) is 4.79 Å². The van der Waals surface area contributed by atoms with Crippen molar-refractivity contribution in [1.29, 1.82) is 0 Å². The molecule has 1 unspecified atom stereocenters. The van der Waals surface area contributed by atoms with Crippen LogP contribution in [-0.2, 0) is 4.79 Å². The van der Waals surface area contributed by atoms with E-state index in [0.717, 1.165) is 17.7 Å². The number of nitrogens with zero attached hydrogens (tertiary/aromatic N) is 1. The van der Waals surface area contributed by atoms with E-state index in [1.165, 1.54) is 0 Å². The summed E-state index contributed by atoms with van der Waals surface area (Å²) in [6, 6.07) is 7.87. The fraction of sp³-hybridized carbons (Fsp3) is 0.500. The Morgan fingerprint density at radius 3 is 2.39 bits per heavy atom. The van der Waals surface area contributed by atoms with Crippen LogP contribution in [0.15, 0.2) is 24.3 Å². The van der Waals surface area contributed by atoms with Gasteiger partial charge >= 0.3 is 0 Å². The van der Waals surface area contributed by atoms with E-state index in [9.17, 15) is 4.79 Å². The Labute approximate surface area is 109 Å². The second-order valence-electron chi connectivity index (χ2n) is 4.53. The number of carbonyl (C=O) groups is 1. The minimum absolute atomic E-state index is 0.141. The number of rotatable bonds is 6. The van der Waals surface area contributed by atoms with Crippen LogP contribution >= 0.6 is 0 Å². The zero-order valence-electron chi connectivity index (χ0n) is 11.3. The van der Waals surface area contributed by atoms with E-state index in [0.29, 0.717) is 13.0 Å². The van der Waals surface area contributed by atoms with Crippen molar-refractivity contribution in [1.82, 2.24) is 4.90 Å². The lowest BCUT2D eigenvalue weighted by Crippen LogP contribution is -2.23. The molecule has 0 aliphatic carbocycles. The Bertz CT molecular complexity index is 374. The van der Waals surface area contributed by atoms with Gasteiger partial charge in [-0.1, -0.05) is 12.1 Å². The summed E-state index contributed by atoms with van der Waals surface area (Å²) in [6.07, 6.45) is 1.31. The van der Waals surface area contributed by atoms with Crippen LogP contribution < -0.4 is 10.5 Å². The van der Waals surface area contributed by atoms with Crippen molar-refractivity contribution < 1.29 is 9.53 Å². The molecule has 1 atom stereocenters. The number of ether oxygens (including phenoxy) is 1. The van der Waals surface area contributed by atoms with Gasteiger partial charge in [0, 0.05) is 20.5 Å². The van der Waals surface area contributed by atoms with Crippen molar-refractivity contribution in [2.24, 2.45) is 5.73 Å². The molecule has 0 saturated carbocycles. The number of carbonyl (C=O) groups excluding carboxylic acids is 1. The van der Waals surface area contributed by atoms with Crippen LogP contribution in [-0.4, -0.2) is 38.6 Å². The minimum atomic E-state index is 0.141. The number of amides is 1. The van der Waals surface area contributed by atoms with E-state index in [-0.39, 0.29) is 11.8 Å². The van der Waals surface area contributed by atoms with Crippen LogP contribution in [0.5, 0.6) is 5.75 Å². The molecule has 18 heavy (non-hydrogen) atoms. The molecule has 0 radical (unpaired) electrons. The number of nitrogens with two attached hydrogens (primary N) is 1. The highest BCUT2D eigenvalue weighted by Gasteiger charge is 2.13. The average molecular weight is 250 g/mol. The highest BCUT2D eigenvalue weighted by molar-refractivity contribution is 5.75. The summed E-state index contributed by atoms with van der Waals surface area (Å²) in [7, 11) is 5.19. The lowest BCUT2D eigenvalue weighted by Gasteiger charge is -2.17. The molecule has 4 nitrogen and oxygen atoms in total. The molecule has 0 saturated heterocycles.